The van der Waals surface area contributed by atoms with Gasteiger partial charge in [-0.3, -0.25) is 4.98 Å². The Balaban J connectivity index is 2.08. The molecule has 0 saturated carbocycles. The Morgan fingerprint density at radius 3 is 2.47 bits per heavy atom. The minimum absolute atomic E-state index is 0.290. The van der Waals surface area contributed by atoms with E-state index >= 15 is 0 Å². The lowest BCUT2D eigenvalue weighted by molar-refractivity contribution is -0.141. The Labute approximate surface area is 97.0 Å². The van der Waals surface area contributed by atoms with Crippen molar-refractivity contribution >= 4 is 0 Å². The van der Waals surface area contributed by atoms with E-state index in [4.69, 9.17) is 4.74 Å². The van der Waals surface area contributed by atoms with Gasteiger partial charge >= 0.3 is 6.18 Å². The third-order valence-corrected chi connectivity index (χ3v) is 2.97. The van der Waals surface area contributed by atoms with Crippen molar-refractivity contribution in [3.63, 3.8) is 0 Å². The molecule has 0 unspecified atom stereocenters. The molecule has 0 aromatic carbocycles. The summed E-state index contributed by atoms with van der Waals surface area (Å²) in [5.74, 6) is 0. The average molecular weight is 246 g/mol. The second-order valence-electron chi connectivity index (χ2n) is 4.22. The maximum atomic E-state index is 12.3. The number of halogens is 3. The molecule has 0 aliphatic carbocycles. The maximum absolute atomic E-state index is 12.3. The fraction of sp³-hybridized carbons (Fsp3) is 0.545. The number of hydrogen-bond acceptors (Lipinski definition) is 3. The van der Waals surface area contributed by atoms with Crippen LogP contribution in [-0.4, -0.2) is 30.8 Å². The first-order valence-electron chi connectivity index (χ1n) is 5.23. The van der Waals surface area contributed by atoms with Crippen molar-refractivity contribution in [3.8, 4) is 0 Å². The number of ether oxygens (including phenoxy) is 1. The summed E-state index contributed by atoms with van der Waals surface area (Å²) >= 11 is 0. The van der Waals surface area contributed by atoms with Crippen LogP contribution in [0.4, 0.5) is 13.2 Å². The Kier molecular flexibility index (Phi) is 3.09. The summed E-state index contributed by atoms with van der Waals surface area (Å²) in [5, 5.41) is 3.08. The van der Waals surface area contributed by atoms with Crippen LogP contribution in [0, 0.1) is 0 Å². The third kappa shape index (κ3) is 2.58. The van der Waals surface area contributed by atoms with E-state index in [1.165, 1.54) is 12.3 Å². The SMILES string of the molecule is COC1(Cc2ccc(C(F)(F)F)nc2)CNC1. The first-order chi connectivity index (χ1) is 7.95. The first-order valence-corrected chi connectivity index (χ1v) is 5.23. The van der Waals surface area contributed by atoms with Crippen LogP contribution in [-0.2, 0) is 17.3 Å². The Morgan fingerprint density at radius 2 is 2.12 bits per heavy atom. The molecule has 17 heavy (non-hydrogen) atoms. The third-order valence-electron chi connectivity index (χ3n) is 2.97. The average Bonchev–Trinajstić information content (AvgIpc) is 2.23. The molecule has 0 amide bonds. The molecule has 0 spiro atoms. The highest BCUT2D eigenvalue weighted by Gasteiger charge is 2.37. The van der Waals surface area contributed by atoms with Gasteiger partial charge < -0.3 is 10.1 Å². The molecule has 1 aromatic rings. The van der Waals surface area contributed by atoms with Gasteiger partial charge in [0, 0.05) is 32.8 Å². The zero-order chi connectivity index (χ0) is 12.5. The van der Waals surface area contributed by atoms with Gasteiger partial charge in [-0.25, -0.2) is 0 Å². The summed E-state index contributed by atoms with van der Waals surface area (Å²) in [6, 6.07) is 2.46. The van der Waals surface area contributed by atoms with E-state index in [1.54, 1.807) is 7.11 Å². The zero-order valence-corrected chi connectivity index (χ0v) is 9.34. The molecule has 3 nitrogen and oxygen atoms in total. The Bertz CT molecular complexity index is 379. The number of hydrogen-bond donors (Lipinski definition) is 1. The minimum Gasteiger partial charge on any atom is -0.375 e. The summed E-state index contributed by atoms with van der Waals surface area (Å²) in [7, 11) is 1.61. The maximum Gasteiger partial charge on any atom is 0.433 e. The van der Waals surface area contributed by atoms with Crippen molar-refractivity contribution in [1.29, 1.82) is 0 Å². The highest BCUT2D eigenvalue weighted by atomic mass is 19.4. The number of alkyl halides is 3. The van der Waals surface area contributed by atoms with Crippen molar-refractivity contribution < 1.29 is 17.9 Å². The smallest absolute Gasteiger partial charge is 0.375 e. The van der Waals surface area contributed by atoms with Crippen molar-refractivity contribution in [2.24, 2.45) is 0 Å². The Morgan fingerprint density at radius 1 is 1.41 bits per heavy atom. The van der Waals surface area contributed by atoms with E-state index in [1.807, 2.05) is 0 Å². The number of methoxy groups -OCH3 is 1. The number of rotatable bonds is 3. The summed E-state index contributed by atoms with van der Waals surface area (Å²) in [6.07, 6.45) is -2.54. The minimum atomic E-state index is -4.38. The lowest BCUT2D eigenvalue weighted by atomic mass is 9.89. The lowest BCUT2D eigenvalue weighted by Crippen LogP contribution is -2.61. The van der Waals surface area contributed by atoms with Crippen LogP contribution in [0.15, 0.2) is 18.3 Å². The summed E-state index contributed by atoms with van der Waals surface area (Å²) in [5.41, 5.74) is -0.401. The van der Waals surface area contributed by atoms with Gasteiger partial charge in [-0.1, -0.05) is 6.07 Å². The van der Waals surface area contributed by atoms with Gasteiger partial charge in [0.15, 0.2) is 0 Å². The van der Waals surface area contributed by atoms with Crippen LogP contribution in [0.25, 0.3) is 0 Å². The topological polar surface area (TPSA) is 34.1 Å². The van der Waals surface area contributed by atoms with E-state index < -0.39 is 11.9 Å². The molecule has 94 valence electrons. The van der Waals surface area contributed by atoms with Gasteiger partial charge in [0.2, 0.25) is 0 Å². The molecule has 1 aromatic heterocycles. The monoisotopic (exact) mass is 246 g/mol. The number of aromatic nitrogens is 1. The molecule has 0 bridgehead atoms. The molecule has 6 heteroatoms. The predicted molar refractivity (Wildman–Crippen MR) is 55.6 cm³/mol. The predicted octanol–water partition coefficient (Wildman–Crippen LogP) is 1.63. The molecule has 2 rings (SSSR count). The van der Waals surface area contributed by atoms with E-state index in [0.29, 0.717) is 19.5 Å². The van der Waals surface area contributed by atoms with Crippen molar-refractivity contribution in [1.82, 2.24) is 10.3 Å². The molecule has 1 fully saturated rings. The van der Waals surface area contributed by atoms with Crippen LogP contribution in [0.3, 0.4) is 0 Å². The summed E-state index contributed by atoms with van der Waals surface area (Å²) in [4.78, 5) is 3.43. The highest BCUT2D eigenvalue weighted by molar-refractivity contribution is 5.19. The van der Waals surface area contributed by atoms with E-state index in [-0.39, 0.29) is 5.60 Å². The number of nitrogens with zero attached hydrogens (tertiary/aromatic N) is 1. The van der Waals surface area contributed by atoms with E-state index in [2.05, 4.69) is 10.3 Å². The first kappa shape index (κ1) is 12.3. The van der Waals surface area contributed by atoms with Crippen LogP contribution >= 0.6 is 0 Å². The molecule has 0 atom stereocenters. The molecule has 1 N–H and O–H groups in total. The highest BCUT2D eigenvalue weighted by Crippen LogP contribution is 2.28. The number of pyridine rings is 1. The van der Waals surface area contributed by atoms with Gasteiger partial charge in [-0.2, -0.15) is 13.2 Å². The second kappa shape index (κ2) is 4.27. The van der Waals surface area contributed by atoms with E-state index in [9.17, 15) is 13.2 Å². The normalized spacial score (nSPS) is 18.8. The fourth-order valence-corrected chi connectivity index (χ4v) is 1.81. The lowest BCUT2D eigenvalue weighted by Gasteiger charge is -2.41. The van der Waals surface area contributed by atoms with Crippen LogP contribution < -0.4 is 5.32 Å². The molecule has 1 aliphatic heterocycles. The van der Waals surface area contributed by atoms with Crippen LogP contribution in [0.2, 0.25) is 0 Å². The van der Waals surface area contributed by atoms with Crippen molar-refractivity contribution in [2.75, 3.05) is 20.2 Å². The second-order valence-corrected chi connectivity index (χ2v) is 4.22. The molecule has 2 heterocycles. The molecule has 1 aliphatic rings. The van der Waals surface area contributed by atoms with Crippen LogP contribution in [0.5, 0.6) is 0 Å². The standard InChI is InChI=1S/C11H13F3N2O/c1-17-10(6-15-7-10)4-8-2-3-9(16-5-8)11(12,13)14/h2-3,5,15H,4,6-7H2,1H3. The Hall–Kier alpha value is -1.14. The van der Waals surface area contributed by atoms with Crippen molar-refractivity contribution in [3.05, 3.63) is 29.6 Å². The van der Waals surface area contributed by atoms with Gasteiger partial charge in [-0.05, 0) is 11.6 Å². The summed E-state index contributed by atoms with van der Waals surface area (Å²) in [6.45, 7) is 1.43. The van der Waals surface area contributed by atoms with E-state index in [0.717, 1.165) is 11.6 Å². The van der Waals surface area contributed by atoms with Gasteiger partial charge in [0.25, 0.3) is 0 Å². The number of nitrogens with one attached hydrogen (secondary N) is 1. The molecular weight excluding hydrogens is 233 g/mol. The van der Waals surface area contributed by atoms with Gasteiger partial charge in [0.05, 0.1) is 5.60 Å². The largest absolute Gasteiger partial charge is 0.433 e. The quantitative estimate of drug-likeness (QED) is 0.880. The van der Waals surface area contributed by atoms with Gasteiger partial charge in [0.1, 0.15) is 5.69 Å². The van der Waals surface area contributed by atoms with Crippen LogP contribution in [0.1, 0.15) is 11.3 Å². The fourth-order valence-electron chi connectivity index (χ4n) is 1.81. The zero-order valence-electron chi connectivity index (χ0n) is 9.34. The van der Waals surface area contributed by atoms with Gasteiger partial charge in [-0.15, -0.1) is 0 Å². The van der Waals surface area contributed by atoms with Crippen molar-refractivity contribution in [2.45, 2.75) is 18.2 Å². The molecular formula is C11H13F3N2O. The molecule has 0 radical (unpaired) electrons. The summed E-state index contributed by atoms with van der Waals surface area (Å²) < 4.78 is 42.3. The molecule has 1 saturated heterocycles.